The van der Waals surface area contributed by atoms with Crippen LogP contribution in [0.1, 0.15) is 42.6 Å². The van der Waals surface area contributed by atoms with Gasteiger partial charge in [0.15, 0.2) is 10.6 Å². The van der Waals surface area contributed by atoms with Gasteiger partial charge in [0.25, 0.3) is 0 Å². The first-order valence-corrected chi connectivity index (χ1v) is 8.26. The molecule has 1 aromatic heterocycles. The Morgan fingerprint density at radius 3 is 3.04 bits per heavy atom. The lowest BCUT2D eigenvalue weighted by molar-refractivity contribution is -0.122. The Kier molecular flexibility index (Phi) is 3.45. The van der Waals surface area contributed by atoms with Gasteiger partial charge in [0.1, 0.15) is 5.75 Å². The van der Waals surface area contributed by atoms with E-state index in [4.69, 9.17) is 12.2 Å². The van der Waals surface area contributed by atoms with Crippen molar-refractivity contribution < 1.29 is 9.90 Å². The highest BCUT2D eigenvalue weighted by Gasteiger charge is 2.44. The van der Waals surface area contributed by atoms with E-state index in [9.17, 15) is 9.90 Å². The smallest absolute Gasteiger partial charge is 0.224 e. The van der Waals surface area contributed by atoms with Crippen molar-refractivity contribution in [2.24, 2.45) is 5.92 Å². The number of nitrogens with zero attached hydrogens (tertiary/aromatic N) is 2. The van der Waals surface area contributed by atoms with Crippen LogP contribution in [0.3, 0.4) is 0 Å². The molecule has 3 N–H and O–H groups in total. The van der Waals surface area contributed by atoms with E-state index in [-0.39, 0.29) is 23.5 Å². The number of phenolic OH excluding ortho intramolecular Hbond substituents is 1. The highest BCUT2D eigenvalue weighted by molar-refractivity contribution is 7.71. The van der Waals surface area contributed by atoms with Gasteiger partial charge in [-0.15, -0.1) is 0 Å². The van der Waals surface area contributed by atoms with Crippen molar-refractivity contribution in [2.75, 3.05) is 0 Å². The zero-order valence-corrected chi connectivity index (χ0v) is 13.3. The van der Waals surface area contributed by atoms with Gasteiger partial charge in [-0.25, -0.2) is 0 Å². The standard InChI is InChI=1S/C16H18N4O2S/c21-11-3-1-2-9(6-11)12-7-13(12)15(22)17-8-14-18-19-16(23)20(14)10-4-5-10/h1-3,6,10,12-13,21H,4-5,7-8H2,(H,17,22)(H,19,23)/t12-,13+/m0/s1. The van der Waals surface area contributed by atoms with Crippen molar-refractivity contribution in [3.05, 3.63) is 40.4 Å². The van der Waals surface area contributed by atoms with Crippen molar-refractivity contribution in [3.8, 4) is 5.75 Å². The van der Waals surface area contributed by atoms with E-state index in [1.165, 1.54) is 0 Å². The van der Waals surface area contributed by atoms with Crippen LogP contribution in [0.15, 0.2) is 24.3 Å². The van der Waals surface area contributed by atoms with E-state index < -0.39 is 0 Å². The van der Waals surface area contributed by atoms with Gasteiger partial charge in [-0.2, -0.15) is 5.10 Å². The Morgan fingerprint density at radius 1 is 1.48 bits per heavy atom. The van der Waals surface area contributed by atoms with Gasteiger partial charge in [-0.1, -0.05) is 12.1 Å². The first kappa shape index (κ1) is 14.4. The number of hydrogen-bond acceptors (Lipinski definition) is 4. The zero-order chi connectivity index (χ0) is 16.0. The second-order valence-corrected chi connectivity index (χ2v) is 6.69. The molecule has 0 aliphatic heterocycles. The second-order valence-electron chi connectivity index (χ2n) is 6.31. The molecule has 0 unspecified atom stereocenters. The molecule has 0 spiro atoms. The Labute approximate surface area is 138 Å². The minimum Gasteiger partial charge on any atom is -0.508 e. The number of carbonyl (C=O) groups is 1. The molecular formula is C16H18N4O2S. The summed E-state index contributed by atoms with van der Waals surface area (Å²) in [6.45, 7) is 0.395. The quantitative estimate of drug-likeness (QED) is 0.735. The van der Waals surface area contributed by atoms with Crippen LogP contribution in [-0.4, -0.2) is 25.8 Å². The fourth-order valence-corrected chi connectivity index (χ4v) is 3.38. The third-order valence-corrected chi connectivity index (χ3v) is 4.82. The van der Waals surface area contributed by atoms with Gasteiger partial charge in [0, 0.05) is 12.0 Å². The molecule has 6 nitrogen and oxygen atoms in total. The van der Waals surface area contributed by atoms with Crippen molar-refractivity contribution in [1.29, 1.82) is 0 Å². The van der Waals surface area contributed by atoms with Crippen LogP contribution in [0.25, 0.3) is 0 Å². The van der Waals surface area contributed by atoms with Crippen molar-refractivity contribution in [3.63, 3.8) is 0 Å². The molecule has 1 heterocycles. The summed E-state index contributed by atoms with van der Waals surface area (Å²) < 4.78 is 2.63. The lowest BCUT2D eigenvalue weighted by Gasteiger charge is -2.07. The molecule has 0 radical (unpaired) electrons. The summed E-state index contributed by atoms with van der Waals surface area (Å²) in [5.41, 5.74) is 1.02. The lowest BCUT2D eigenvalue weighted by Crippen LogP contribution is -2.26. The summed E-state index contributed by atoms with van der Waals surface area (Å²) in [5.74, 6) is 1.25. The first-order valence-electron chi connectivity index (χ1n) is 7.86. The molecule has 23 heavy (non-hydrogen) atoms. The molecule has 2 aliphatic rings. The van der Waals surface area contributed by atoms with E-state index in [1.54, 1.807) is 12.1 Å². The molecule has 4 rings (SSSR count). The number of amides is 1. The van der Waals surface area contributed by atoms with E-state index in [2.05, 4.69) is 15.5 Å². The number of aromatic amines is 1. The van der Waals surface area contributed by atoms with E-state index >= 15 is 0 Å². The maximum absolute atomic E-state index is 12.3. The molecular weight excluding hydrogens is 312 g/mol. The van der Waals surface area contributed by atoms with E-state index in [1.807, 2.05) is 16.7 Å². The lowest BCUT2D eigenvalue weighted by atomic mass is 10.1. The number of carbonyl (C=O) groups excluding carboxylic acids is 1. The fourth-order valence-electron chi connectivity index (χ4n) is 3.08. The number of H-pyrrole nitrogens is 1. The minimum atomic E-state index is -0.0203. The van der Waals surface area contributed by atoms with Crippen LogP contribution in [0.4, 0.5) is 0 Å². The first-order chi connectivity index (χ1) is 11.1. The molecule has 0 saturated heterocycles. The van der Waals surface area contributed by atoms with E-state index in [0.717, 1.165) is 30.7 Å². The Balaban J connectivity index is 1.37. The number of benzene rings is 1. The Morgan fingerprint density at radius 2 is 2.30 bits per heavy atom. The summed E-state index contributed by atoms with van der Waals surface area (Å²) in [7, 11) is 0. The van der Waals surface area contributed by atoms with Gasteiger partial charge in [-0.3, -0.25) is 14.5 Å². The maximum Gasteiger partial charge on any atom is 0.224 e. The Hall–Kier alpha value is -2.15. The van der Waals surface area contributed by atoms with Crippen molar-refractivity contribution >= 4 is 18.1 Å². The van der Waals surface area contributed by atoms with Crippen LogP contribution in [-0.2, 0) is 11.3 Å². The average Bonchev–Trinajstić information content (AvgIpc) is 3.43. The minimum absolute atomic E-state index is 0.0203. The molecule has 1 aromatic carbocycles. The highest BCUT2D eigenvalue weighted by Crippen LogP contribution is 2.48. The summed E-state index contributed by atoms with van der Waals surface area (Å²) in [4.78, 5) is 12.3. The number of rotatable bonds is 5. The normalized spacial score (nSPS) is 22.8. The van der Waals surface area contributed by atoms with E-state index in [0.29, 0.717) is 17.4 Å². The van der Waals surface area contributed by atoms with Gasteiger partial charge in [0.05, 0.1) is 6.54 Å². The molecule has 2 fully saturated rings. The predicted octanol–water partition coefficient (Wildman–Crippen LogP) is 2.40. The van der Waals surface area contributed by atoms with Crippen LogP contribution < -0.4 is 5.32 Å². The van der Waals surface area contributed by atoms with Gasteiger partial charge in [-0.05, 0) is 55.1 Å². The fraction of sp³-hybridized carbons (Fsp3) is 0.438. The summed E-state index contributed by atoms with van der Waals surface area (Å²) in [5, 5.41) is 19.5. The molecule has 120 valence electrons. The SMILES string of the molecule is O=C(NCc1n[nH]c(=S)n1C1CC1)[C@@H]1C[C@H]1c1cccc(O)c1. The largest absolute Gasteiger partial charge is 0.508 e. The van der Waals surface area contributed by atoms with Gasteiger partial charge >= 0.3 is 0 Å². The van der Waals surface area contributed by atoms with Crippen molar-refractivity contribution in [1.82, 2.24) is 20.1 Å². The Bertz CT molecular complexity index is 808. The van der Waals surface area contributed by atoms with Gasteiger partial charge in [0.2, 0.25) is 5.91 Å². The third-order valence-electron chi connectivity index (χ3n) is 4.54. The number of nitrogens with one attached hydrogen (secondary N) is 2. The molecule has 2 aliphatic carbocycles. The van der Waals surface area contributed by atoms with Gasteiger partial charge < -0.3 is 10.4 Å². The third kappa shape index (κ3) is 2.88. The van der Waals surface area contributed by atoms with Crippen LogP contribution in [0, 0.1) is 10.7 Å². The highest BCUT2D eigenvalue weighted by atomic mass is 32.1. The summed E-state index contributed by atoms with van der Waals surface area (Å²) in [6.07, 6.45) is 3.07. The summed E-state index contributed by atoms with van der Waals surface area (Å²) >= 11 is 5.24. The molecule has 1 amide bonds. The molecule has 0 bridgehead atoms. The number of phenols is 1. The van der Waals surface area contributed by atoms with Crippen molar-refractivity contribution in [2.45, 2.75) is 37.8 Å². The maximum atomic E-state index is 12.3. The molecule has 7 heteroatoms. The topological polar surface area (TPSA) is 82.9 Å². The van der Waals surface area contributed by atoms with Crippen LogP contribution >= 0.6 is 12.2 Å². The second kappa shape index (κ2) is 5.49. The molecule has 2 aromatic rings. The number of aromatic hydroxyl groups is 1. The number of aromatic nitrogens is 3. The molecule has 2 saturated carbocycles. The van der Waals surface area contributed by atoms with Crippen LogP contribution in [0.2, 0.25) is 0 Å². The molecule has 2 atom stereocenters. The average molecular weight is 330 g/mol. The zero-order valence-electron chi connectivity index (χ0n) is 12.5. The predicted molar refractivity (Wildman–Crippen MR) is 86.5 cm³/mol. The monoisotopic (exact) mass is 330 g/mol. The number of hydrogen-bond donors (Lipinski definition) is 3. The van der Waals surface area contributed by atoms with Crippen LogP contribution in [0.5, 0.6) is 5.75 Å². The summed E-state index contributed by atoms with van der Waals surface area (Å²) in [6, 6.07) is 7.58.